The zero-order chi connectivity index (χ0) is 16.4. The Balaban J connectivity index is 1.83. The van der Waals surface area contributed by atoms with Crippen molar-refractivity contribution < 1.29 is 4.74 Å². The Morgan fingerprint density at radius 1 is 1.12 bits per heavy atom. The predicted molar refractivity (Wildman–Crippen MR) is 94.2 cm³/mol. The number of hydrogen-bond acceptors (Lipinski definition) is 9. The normalized spacial score (nSPS) is 15.0. The lowest BCUT2D eigenvalue weighted by Crippen LogP contribution is -2.37. The van der Waals surface area contributed by atoms with Crippen molar-refractivity contribution in [2.24, 2.45) is 0 Å². The molecule has 0 spiro atoms. The zero-order valence-corrected chi connectivity index (χ0v) is 14.0. The highest BCUT2D eigenvalue weighted by Crippen LogP contribution is 2.35. The van der Waals surface area contributed by atoms with Crippen LogP contribution in [0.1, 0.15) is 0 Å². The van der Waals surface area contributed by atoms with Crippen molar-refractivity contribution in [2.75, 3.05) is 43.7 Å². The maximum Gasteiger partial charge on any atom is 0.241 e. The van der Waals surface area contributed by atoms with E-state index in [1.165, 1.54) is 0 Å². The number of thiazole rings is 1. The van der Waals surface area contributed by atoms with Crippen LogP contribution in [0.15, 0.2) is 24.5 Å². The first-order valence-electron chi connectivity index (χ1n) is 7.69. The van der Waals surface area contributed by atoms with Gasteiger partial charge in [-0.1, -0.05) is 0 Å². The number of morpholine rings is 1. The molecule has 124 valence electrons. The highest BCUT2D eigenvalue weighted by Gasteiger charge is 2.20. The number of hydrazine groups is 1. The molecule has 1 aliphatic rings. The minimum atomic E-state index is 0.512. The number of hydrogen-bond donors (Lipinski definition) is 2. The van der Waals surface area contributed by atoms with Crippen LogP contribution in [-0.4, -0.2) is 53.3 Å². The van der Waals surface area contributed by atoms with Crippen LogP contribution in [0.5, 0.6) is 0 Å². The summed E-state index contributed by atoms with van der Waals surface area (Å²) in [6.45, 7) is 3.04. The molecule has 0 amide bonds. The average Bonchev–Trinajstić information content (AvgIpc) is 3.07. The molecule has 24 heavy (non-hydrogen) atoms. The van der Waals surface area contributed by atoms with Crippen molar-refractivity contribution in [3.05, 3.63) is 24.5 Å². The number of ether oxygens (including phenoxy) is 1. The van der Waals surface area contributed by atoms with Gasteiger partial charge in [0.1, 0.15) is 9.71 Å². The number of pyridine rings is 1. The van der Waals surface area contributed by atoms with Gasteiger partial charge < -0.3 is 9.64 Å². The molecule has 0 saturated carbocycles. The first kappa shape index (κ1) is 15.2. The van der Waals surface area contributed by atoms with Crippen molar-refractivity contribution in [1.82, 2.24) is 25.4 Å². The van der Waals surface area contributed by atoms with Crippen molar-refractivity contribution in [1.29, 1.82) is 0 Å². The second-order valence-corrected chi connectivity index (χ2v) is 6.25. The molecule has 1 aliphatic heterocycles. The van der Waals surface area contributed by atoms with Crippen LogP contribution in [-0.2, 0) is 4.74 Å². The quantitative estimate of drug-likeness (QED) is 0.690. The highest BCUT2D eigenvalue weighted by atomic mass is 32.1. The van der Waals surface area contributed by atoms with E-state index in [0.717, 1.165) is 34.2 Å². The van der Waals surface area contributed by atoms with Gasteiger partial charge in [0.2, 0.25) is 5.95 Å². The van der Waals surface area contributed by atoms with Crippen molar-refractivity contribution in [2.45, 2.75) is 0 Å². The van der Waals surface area contributed by atoms with Crippen molar-refractivity contribution in [3.8, 4) is 10.6 Å². The van der Waals surface area contributed by atoms with Crippen LogP contribution in [0.2, 0.25) is 0 Å². The molecule has 0 bridgehead atoms. The summed E-state index contributed by atoms with van der Waals surface area (Å²) in [7, 11) is 1.78. The molecular formula is C15H17N7OS. The maximum atomic E-state index is 5.45. The largest absolute Gasteiger partial charge is 0.378 e. The molecule has 9 heteroatoms. The van der Waals surface area contributed by atoms with Gasteiger partial charge in [-0.3, -0.25) is 10.4 Å². The number of aromatic nitrogens is 4. The van der Waals surface area contributed by atoms with Gasteiger partial charge in [-0.15, -0.1) is 11.3 Å². The smallest absolute Gasteiger partial charge is 0.241 e. The Morgan fingerprint density at radius 2 is 1.92 bits per heavy atom. The fraction of sp³-hybridized carbons (Fsp3) is 0.333. The summed E-state index contributed by atoms with van der Waals surface area (Å²) in [5.74, 6) is 1.41. The maximum absolute atomic E-state index is 5.45. The van der Waals surface area contributed by atoms with Crippen LogP contribution in [0.3, 0.4) is 0 Å². The summed E-state index contributed by atoms with van der Waals surface area (Å²) in [4.78, 5) is 20.2. The summed E-state index contributed by atoms with van der Waals surface area (Å²) in [6.07, 6.45) is 3.54. The molecule has 4 rings (SSSR count). The minimum absolute atomic E-state index is 0.512. The van der Waals surface area contributed by atoms with Gasteiger partial charge in [0.05, 0.1) is 13.2 Å². The molecule has 0 aliphatic carbocycles. The third-order valence-electron chi connectivity index (χ3n) is 3.71. The number of nitrogens with one attached hydrogen (secondary N) is 2. The molecule has 0 aromatic carbocycles. The monoisotopic (exact) mass is 343 g/mol. The Bertz CT molecular complexity index is 832. The fourth-order valence-corrected chi connectivity index (χ4v) is 3.61. The first-order valence-corrected chi connectivity index (χ1v) is 8.51. The van der Waals surface area contributed by atoms with Gasteiger partial charge >= 0.3 is 0 Å². The van der Waals surface area contributed by atoms with Gasteiger partial charge in [-0.2, -0.15) is 9.97 Å². The van der Waals surface area contributed by atoms with Gasteiger partial charge in [-0.25, -0.2) is 10.4 Å². The molecule has 2 N–H and O–H groups in total. The molecule has 0 radical (unpaired) electrons. The summed E-state index contributed by atoms with van der Waals surface area (Å²) in [5.41, 5.74) is 7.55. The lowest BCUT2D eigenvalue weighted by atomic mass is 10.3. The molecule has 3 aromatic heterocycles. The minimum Gasteiger partial charge on any atom is -0.378 e. The number of nitrogens with zero attached hydrogens (tertiary/aromatic N) is 5. The number of anilines is 2. The van der Waals surface area contributed by atoms with Crippen LogP contribution >= 0.6 is 11.3 Å². The molecule has 1 fully saturated rings. The molecule has 8 nitrogen and oxygen atoms in total. The number of fused-ring (bicyclic) bond motifs is 1. The molecule has 0 unspecified atom stereocenters. The summed E-state index contributed by atoms with van der Waals surface area (Å²) in [6, 6.07) is 3.90. The van der Waals surface area contributed by atoms with Gasteiger partial charge in [-0.05, 0) is 12.1 Å². The Labute approximate surface area is 142 Å². The molecule has 4 heterocycles. The van der Waals surface area contributed by atoms with Gasteiger partial charge in [0.25, 0.3) is 0 Å². The highest BCUT2D eigenvalue weighted by molar-refractivity contribution is 7.22. The van der Waals surface area contributed by atoms with Crippen molar-refractivity contribution in [3.63, 3.8) is 0 Å². The van der Waals surface area contributed by atoms with E-state index < -0.39 is 0 Å². The second-order valence-electron chi connectivity index (χ2n) is 5.25. The lowest BCUT2D eigenvalue weighted by Gasteiger charge is -2.28. The Morgan fingerprint density at radius 3 is 2.67 bits per heavy atom. The van der Waals surface area contributed by atoms with Crippen LogP contribution < -0.4 is 15.8 Å². The van der Waals surface area contributed by atoms with Gasteiger partial charge in [0, 0.05) is 38.1 Å². The van der Waals surface area contributed by atoms with E-state index in [4.69, 9.17) is 9.72 Å². The Hall–Kier alpha value is -2.36. The van der Waals surface area contributed by atoms with E-state index in [-0.39, 0.29) is 0 Å². The van der Waals surface area contributed by atoms with Crippen molar-refractivity contribution >= 4 is 33.5 Å². The van der Waals surface area contributed by atoms with E-state index in [1.807, 2.05) is 12.1 Å². The third-order valence-corrected chi connectivity index (χ3v) is 4.80. The average molecular weight is 343 g/mol. The van der Waals surface area contributed by atoms with Gasteiger partial charge in [0.15, 0.2) is 11.5 Å². The van der Waals surface area contributed by atoms with Crippen LogP contribution in [0.4, 0.5) is 11.8 Å². The molecular weight excluding hydrogens is 326 g/mol. The summed E-state index contributed by atoms with van der Waals surface area (Å²) in [5, 5.41) is 0.915. The molecule has 0 atom stereocenters. The number of rotatable bonds is 4. The molecule has 3 aromatic rings. The summed E-state index contributed by atoms with van der Waals surface area (Å²) >= 11 is 1.60. The standard InChI is InChI=1S/C15H17N7OS/c1-16-21-15-19-12-11(13(20-15)22-6-8-23-9-7-22)24-14(18-12)10-2-4-17-5-3-10/h2-5,16H,6-9H2,1H3,(H,19,20,21). The predicted octanol–water partition coefficient (Wildman–Crippen LogP) is 1.53. The van der Waals surface area contributed by atoms with E-state index in [9.17, 15) is 0 Å². The van der Waals surface area contributed by atoms with E-state index in [1.54, 1.807) is 30.8 Å². The topological polar surface area (TPSA) is 88.1 Å². The Kier molecular flexibility index (Phi) is 4.20. The lowest BCUT2D eigenvalue weighted by molar-refractivity contribution is 0.122. The molecule has 1 saturated heterocycles. The fourth-order valence-electron chi connectivity index (χ4n) is 2.59. The van der Waals surface area contributed by atoms with E-state index >= 15 is 0 Å². The first-order chi connectivity index (χ1) is 11.8. The second kappa shape index (κ2) is 6.63. The van der Waals surface area contributed by atoms with E-state index in [2.05, 4.69) is 30.7 Å². The summed E-state index contributed by atoms with van der Waals surface area (Å²) < 4.78 is 6.44. The van der Waals surface area contributed by atoms with Crippen LogP contribution in [0.25, 0.3) is 20.9 Å². The third kappa shape index (κ3) is 2.88. The van der Waals surface area contributed by atoms with E-state index in [0.29, 0.717) is 24.8 Å². The SMILES string of the molecule is CNNc1nc(N2CCOCC2)c2sc(-c3ccncc3)nc2n1. The van der Waals surface area contributed by atoms with Crippen LogP contribution in [0, 0.1) is 0 Å². The zero-order valence-electron chi connectivity index (χ0n) is 13.2.